The lowest BCUT2D eigenvalue weighted by molar-refractivity contribution is -0.117. The Hall–Kier alpha value is -2.60. The van der Waals surface area contributed by atoms with E-state index in [0.29, 0.717) is 11.7 Å². The molecule has 0 saturated heterocycles. The zero-order valence-electron chi connectivity index (χ0n) is 14.7. The molecule has 2 aromatic heterocycles. The minimum atomic E-state index is -0.329. The molecule has 4 rings (SSSR count). The van der Waals surface area contributed by atoms with Gasteiger partial charge in [-0.3, -0.25) is 9.89 Å². The molecule has 3 aromatic rings. The molecule has 134 valence electrons. The highest BCUT2D eigenvalue weighted by Gasteiger charge is 2.26. The van der Waals surface area contributed by atoms with Crippen molar-refractivity contribution in [3.8, 4) is 5.69 Å². The predicted molar refractivity (Wildman–Crippen MR) is 101 cm³/mol. The van der Waals surface area contributed by atoms with Gasteiger partial charge >= 0.3 is 0 Å². The Labute approximate surface area is 156 Å². The maximum absolute atomic E-state index is 12.5. The molecule has 26 heavy (non-hydrogen) atoms. The van der Waals surface area contributed by atoms with Crippen LogP contribution in [0.4, 0.5) is 5.82 Å². The number of hydrogen-bond donors (Lipinski definition) is 2. The molecule has 1 aromatic carbocycles. The normalized spacial score (nSPS) is 15.0. The van der Waals surface area contributed by atoms with Crippen molar-refractivity contribution >= 4 is 23.3 Å². The molecule has 0 spiro atoms. The van der Waals surface area contributed by atoms with Crippen LogP contribution in [0.1, 0.15) is 48.4 Å². The molecule has 2 N–H and O–H groups in total. The summed E-state index contributed by atoms with van der Waals surface area (Å²) in [4.78, 5) is 12.5. The van der Waals surface area contributed by atoms with Crippen molar-refractivity contribution in [2.24, 2.45) is 0 Å². The number of nitrogens with zero attached hydrogens (tertiary/aromatic N) is 3. The molecule has 0 aliphatic heterocycles. The Kier molecular flexibility index (Phi) is 4.28. The number of halogens is 1. The van der Waals surface area contributed by atoms with Gasteiger partial charge in [-0.25, -0.2) is 4.68 Å². The number of nitrogens with one attached hydrogen (secondary N) is 2. The van der Waals surface area contributed by atoms with Crippen LogP contribution < -0.4 is 5.32 Å². The third kappa shape index (κ3) is 3.37. The average Bonchev–Trinajstić information content (AvgIpc) is 3.17. The van der Waals surface area contributed by atoms with Crippen molar-refractivity contribution in [2.45, 2.75) is 38.5 Å². The maximum atomic E-state index is 12.5. The predicted octanol–water partition coefficient (Wildman–Crippen LogP) is 4.18. The van der Waals surface area contributed by atoms with E-state index in [1.165, 1.54) is 12.8 Å². The Morgan fingerprint density at radius 2 is 2.19 bits per heavy atom. The van der Waals surface area contributed by atoms with Crippen molar-refractivity contribution in [1.29, 1.82) is 0 Å². The quantitative estimate of drug-likeness (QED) is 0.708. The first-order chi connectivity index (χ1) is 12.5. The fourth-order valence-corrected chi connectivity index (χ4v) is 2.97. The molecule has 6 nitrogen and oxygen atoms in total. The molecule has 0 radical (unpaired) electrons. The van der Waals surface area contributed by atoms with E-state index < -0.39 is 0 Å². The molecule has 7 heteroatoms. The maximum Gasteiger partial charge on any atom is 0.232 e. The molecule has 1 fully saturated rings. The van der Waals surface area contributed by atoms with Crippen LogP contribution in [0.25, 0.3) is 5.69 Å². The third-order valence-corrected chi connectivity index (χ3v) is 5.18. The van der Waals surface area contributed by atoms with Gasteiger partial charge < -0.3 is 5.32 Å². The summed E-state index contributed by atoms with van der Waals surface area (Å²) in [5.41, 5.74) is 3.77. The van der Waals surface area contributed by atoms with Crippen LogP contribution in [-0.2, 0) is 4.79 Å². The number of hydrogen-bond acceptors (Lipinski definition) is 3. The van der Waals surface area contributed by atoms with Crippen molar-refractivity contribution in [3.05, 3.63) is 58.5 Å². The highest BCUT2D eigenvalue weighted by atomic mass is 35.5. The number of carbonyl (C=O) groups excluding carboxylic acids is 1. The van der Waals surface area contributed by atoms with Gasteiger partial charge in [-0.2, -0.15) is 10.2 Å². The van der Waals surface area contributed by atoms with Crippen molar-refractivity contribution in [2.75, 3.05) is 5.32 Å². The first-order valence-corrected chi connectivity index (χ1v) is 9.06. The lowest BCUT2D eigenvalue weighted by Gasteiger charge is -2.09. The largest absolute Gasteiger partial charge is 0.311 e. The fourth-order valence-electron chi connectivity index (χ4n) is 2.85. The van der Waals surface area contributed by atoms with E-state index in [1.54, 1.807) is 10.9 Å². The Balaban J connectivity index is 1.46. The standard InChI is InChI=1S/C19H20ClN5O/c1-11-7-15(5-6-16(11)20)25-10-14(9-21-25)12(2)19(26)22-18-8-17(23-24-18)13-3-4-13/h5-10,12-13H,3-4H2,1-2H3,(H2,22,23,24,26). The number of anilines is 1. The van der Waals surface area contributed by atoms with Gasteiger partial charge in [0.15, 0.2) is 0 Å². The summed E-state index contributed by atoms with van der Waals surface area (Å²) < 4.78 is 1.75. The second kappa shape index (κ2) is 6.61. The summed E-state index contributed by atoms with van der Waals surface area (Å²) in [6, 6.07) is 7.64. The highest BCUT2D eigenvalue weighted by Crippen LogP contribution is 2.39. The smallest absolute Gasteiger partial charge is 0.232 e. The van der Waals surface area contributed by atoms with Crippen LogP contribution in [0.15, 0.2) is 36.7 Å². The molecule has 0 bridgehead atoms. The van der Waals surface area contributed by atoms with Gasteiger partial charge in [0, 0.05) is 28.8 Å². The number of amides is 1. The monoisotopic (exact) mass is 369 g/mol. The number of aromatic nitrogens is 4. The Morgan fingerprint density at radius 3 is 2.92 bits per heavy atom. The molecule has 1 saturated carbocycles. The average molecular weight is 370 g/mol. The van der Waals surface area contributed by atoms with Crippen molar-refractivity contribution in [1.82, 2.24) is 20.0 Å². The van der Waals surface area contributed by atoms with Gasteiger partial charge in [0.05, 0.1) is 23.5 Å². The third-order valence-electron chi connectivity index (χ3n) is 4.75. The minimum absolute atomic E-state index is 0.0946. The Bertz CT molecular complexity index is 957. The van der Waals surface area contributed by atoms with Gasteiger partial charge in [0.1, 0.15) is 5.82 Å². The molecule has 1 aliphatic carbocycles. The van der Waals surface area contributed by atoms with E-state index in [-0.39, 0.29) is 11.8 Å². The van der Waals surface area contributed by atoms with Gasteiger partial charge in [-0.05, 0) is 50.5 Å². The minimum Gasteiger partial charge on any atom is -0.311 e. The number of aryl methyl sites for hydroxylation is 1. The summed E-state index contributed by atoms with van der Waals surface area (Å²) in [6.07, 6.45) is 5.95. The lowest BCUT2D eigenvalue weighted by atomic mass is 10.0. The van der Waals surface area contributed by atoms with E-state index in [2.05, 4.69) is 20.6 Å². The first-order valence-electron chi connectivity index (χ1n) is 8.68. The van der Waals surface area contributed by atoms with E-state index in [0.717, 1.165) is 27.5 Å². The van der Waals surface area contributed by atoms with Crippen molar-refractivity contribution < 1.29 is 4.79 Å². The van der Waals surface area contributed by atoms with Crippen LogP contribution in [0.2, 0.25) is 5.02 Å². The highest BCUT2D eigenvalue weighted by molar-refractivity contribution is 6.31. The van der Waals surface area contributed by atoms with E-state index in [4.69, 9.17) is 11.6 Å². The second-order valence-corrected chi connectivity index (χ2v) is 7.25. The van der Waals surface area contributed by atoms with Crippen LogP contribution in [-0.4, -0.2) is 25.9 Å². The van der Waals surface area contributed by atoms with E-state index >= 15 is 0 Å². The molecular weight excluding hydrogens is 350 g/mol. The van der Waals surface area contributed by atoms with Crippen LogP contribution in [0.5, 0.6) is 0 Å². The number of carbonyl (C=O) groups is 1. The van der Waals surface area contributed by atoms with E-state index in [9.17, 15) is 4.79 Å². The summed E-state index contributed by atoms with van der Waals surface area (Å²) in [6.45, 7) is 3.81. The number of aromatic amines is 1. The fraction of sp³-hybridized carbons (Fsp3) is 0.316. The van der Waals surface area contributed by atoms with E-state index in [1.807, 2.05) is 44.3 Å². The summed E-state index contributed by atoms with van der Waals surface area (Å²) in [5, 5.41) is 15.1. The molecule has 1 unspecified atom stereocenters. The van der Waals surface area contributed by atoms with Gasteiger partial charge in [-0.1, -0.05) is 11.6 Å². The van der Waals surface area contributed by atoms with Gasteiger partial charge in [0.25, 0.3) is 0 Å². The van der Waals surface area contributed by atoms with Crippen LogP contribution in [0, 0.1) is 6.92 Å². The van der Waals surface area contributed by atoms with Gasteiger partial charge in [0.2, 0.25) is 5.91 Å². The second-order valence-electron chi connectivity index (χ2n) is 6.84. The molecular formula is C19H20ClN5O. The number of benzene rings is 1. The number of rotatable bonds is 5. The van der Waals surface area contributed by atoms with Crippen LogP contribution >= 0.6 is 11.6 Å². The zero-order chi connectivity index (χ0) is 18.3. The SMILES string of the molecule is Cc1cc(-n2cc(C(C)C(=O)Nc3cc(C4CC4)n[nH]3)cn2)ccc1Cl. The Morgan fingerprint density at radius 1 is 1.38 bits per heavy atom. The molecule has 1 aliphatic rings. The molecule has 1 atom stereocenters. The molecule has 2 heterocycles. The lowest BCUT2D eigenvalue weighted by Crippen LogP contribution is -2.18. The first kappa shape index (κ1) is 16.8. The summed E-state index contributed by atoms with van der Waals surface area (Å²) >= 11 is 6.08. The summed E-state index contributed by atoms with van der Waals surface area (Å²) in [7, 11) is 0. The summed E-state index contributed by atoms with van der Waals surface area (Å²) in [5.74, 6) is 0.771. The van der Waals surface area contributed by atoms with Crippen LogP contribution in [0.3, 0.4) is 0 Å². The van der Waals surface area contributed by atoms with Crippen molar-refractivity contribution in [3.63, 3.8) is 0 Å². The molecule has 1 amide bonds. The zero-order valence-corrected chi connectivity index (χ0v) is 15.4. The van der Waals surface area contributed by atoms with Gasteiger partial charge in [-0.15, -0.1) is 0 Å². The number of H-pyrrole nitrogens is 1. The topological polar surface area (TPSA) is 75.6 Å².